The van der Waals surface area contributed by atoms with E-state index in [0.717, 1.165) is 16.8 Å². The number of hydrogen-bond donors (Lipinski definition) is 3. The van der Waals surface area contributed by atoms with Gasteiger partial charge < -0.3 is 10.4 Å². The van der Waals surface area contributed by atoms with Crippen LogP contribution < -0.4 is 16.2 Å². The molecule has 0 saturated carbocycles. The maximum Gasteiger partial charge on any atom is 0.257 e. The SMILES string of the molecule is Cc1ccc(NC2=N[C@@H](c3ccc(O)cc3)n3c(nc(C)cc3=O)N2)cc1. The Morgan fingerprint density at radius 2 is 1.78 bits per heavy atom. The van der Waals surface area contributed by atoms with E-state index in [-0.39, 0.29) is 11.3 Å². The van der Waals surface area contributed by atoms with Crippen LogP contribution in [0.5, 0.6) is 5.75 Å². The van der Waals surface area contributed by atoms with E-state index >= 15 is 0 Å². The number of aryl methyl sites for hydroxylation is 2. The van der Waals surface area contributed by atoms with E-state index in [1.54, 1.807) is 31.2 Å². The van der Waals surface area contributed by atoms with E-state index in [4.69, 9.17) is 0 Å². The van der Waals surface area contributed by atoms with Gasteiger partial charge in [-0.2, -0.15) is 0 Å². The first kappa shape index (κ1) is 16.8. The Bertz CT molecular complexity index is 1070. The van der Waals surface area contributed by atoms with E-state index in [0.29, 0.717) is 17.6 Å². The minimum absolute atomic E-state index is 0.157. The Hall–Kier alpha value is -3.61. The topological polar surface area (TPSA) is 91.5 Å². The van der Waals surface area contributed by atoms with Crippen molar-refractivity contribution in [3.8, 4) is 5.75 Å². The number of anilines is 2. The minimum Gasteiger partial charge on any atom is -0.508 e. The number of aliphatic imine (C=N–C) groups is 1. The Morgan fingerprint density at radius 1 is 1.07 bits per heavy atom. The normalized spacial score (nSPS) is 15.5. The van der Waals surface area contributed by atoms with Crippen LogP contribution in [0.25, 0.3) is 0 Å². The van der Waals surface area contributed by atoms with Crippen LogP contribution >= 0.6 is 0 Å². The number of rotatable bonds is 2. The molecule has 0 fully saturated rings. The van der Waals surface area contributed by atoms with Crippen molar-refractivity contribution in [3.63, 3.8) is 0 Å². The van der Waals surface area contributed by atoms with E-state index in [2.05, 4.69) is 20.6 Å². The fourth-order valence-corrected chi connectivity index (χ4v) is 2.96. The summed E-state index contributed by atoms with van der Waals surface area (Å²) in [7, 11) is 0. The van der Waals surface area contributed by atoms with Crippen LogP contribution in [0.2, 0.25) is 0 Å². The Morgan fingerprint density at radius 3 is 2.48 bits per heavy atom. The van der Waals surface area contributed by atoms with Crippen molar-refractivity contribution in [1.82, 2.24) is 9.55 Å². The quantitative estimate of drug-likeness (QED) is 0.653. The third kappa shape index (κ3) is 3.39. The molecular formula is C20H19N5O2. The second-order valence-electron chi connectivity index (χ2n) is 6.49. The highest BCUT2D eigenvalue weighted by Crippen LogP contribution is 2.27. The lowest BCUT2D eigenvalue weighted by molar-refractivity contribution is 0.474. The largest absolute Gasteiger partial charge is 0.508 e. The average molecular weight is 361 g/mol. The van der Waals surface area contributed by atoms with Gasteiger partial charge in [0.1, 0.15) is 5.75 Å². The van der Waals surface area contributed by atoms with Crippen LogP contribution in [-0.2, 0) is 0 Å². The number of guanidine groups is 1. The second-order valence-corrected chi connectivity index (χ2v) is 6.49. The molecule has 1 aromatic heterocycles. The first-order valence-electron chi connectivity index (χ1n) is 8.57. The van der Waals surface area contributed by atoms with E-state index in [1.165, 1.54) is 10.6 Å². The number of aromatic hydroxyl groups is 1. The van der Waals surface area contributed by atoms with E-state index < -0.39 is 6.17 Å². The van der Waals surface area contributed by atoms with Crippen molar-refractivity contribution < 1.29 is 5.11 Å². The summed E-state index contributed by atoms with van der Waals surface area (Å²) in [6.07, 6.45) is -0.588. The van der Waals surface area contributed by atoms with Crippen LogP contribution in [-0.4, -0.2) is 20.6 Å². The number of phenols is 1. The average Bonchev–Trinajstić information content (AvgIpc) is 2.63. The summed E-state index contributed by atoms with van der Waals surface area (Å²) >= 11 is 0. The van der Waals surface area contributed by atoms with Gasteiger partial charge in [0.25, 0.3) is 5.56 Å². The van der Waals surface area contributed by atoms with Gasteiger partial charge in [0.15, 0.2) is 6.17 Å². The molecule has 4 rings (SSSR count). The highest BCUT2D eigenvalue weighted by atomic mass is 16.3. The Labute approximate surface area is 156 Å². The molecule has 3 N–H and O–H groups in total. The molecule has 1 aliphatic rings. The molecule has 2 heterocycles. The lowest BCUT2D eigenvalue weighted by Crippen LogP contribution is -2.37. The number of hydrogen-bond acceptors (Lipinski definition) is 6. The maximum atomic E-state index is 12.6. The number of aromatic nitrogens is 2. The molecule has 0 unspecified atom stereocenters. The van der Waals surface area contributed by atoms with Gasteiger partial charge in [-0.3, -0.25) is 14.7 Å². The maximum absolute atomic E-state index is 12.6. The zero-order valence-corrected chi connectivity index (χ0v) is 15.0. The first-order chi connectivity index (χ1) is 13.0. The lowest BCUT2D eigenvalue weighted by Gasteiger charge is -2.27. The fourth-order valence-electron chi connectivity index (χ4n) is 2.96. The number of fused-ring (bicyclic) bond motifs is 1. The van der Waals surface area contributed by atoms with Gasteiger partial charge >= 0.3 is 0 Å². The number of benzene rings is 2. The summed E-state index contributed by atoms with van der Waals surface area (Å²) < 4.78 is 1.50. The molecule has 1 aliphatic heterocycles. The smallest absolute Gasteiger partial charge is 0.257 e. The van der Waals surface area contributed by atoms with Crippen molar-refractivity contribution in [2.24, 2.45) is 4.99 Å². The van der Waals surface area contributed by atoms with Crippen LogP contribution in [0.4, 0.5) is 11.6 Å². The molecule has 27 heavy (non-hydrogen) atoms. The third-order valence-corrected chi connectivity index (χ3v) is 4.31. The minimum atomic E-state index is -0.588. The molecule has 136 valence electrons. The molecule has 0 saturated heterocycles. The third-order valence-electron chi connectivity index (χ3n) is 4.31. The van der Waals surface area contributed by atoms with Crippen LogP contribution in [0.15, 0.2) is 64.4 Å². The van der Waals surface area contributed by atoms with Gasteiger partial charge in [0, 0.05) is 17.4 Å². The molecule has 3 aromatic rings. The number of phenolic OH excluding ortho intramolecular Hbond substituents is 1. The summed E-state index contributed by atoms with van der Waals surface area (Å²) in [6, 6.07) is 16.0. The van der Waals surface area contributed by atoms with Crippen molar-refractivity contribution in [3.05, 3.63) is 81.8 Å². The highest BCUT2D eigenvalue weighted by molar-refractivity contribution is 6.03. The molecule has 0 bridgehead atoms. The monoisotopic (exact) mass is 361 g/mol. The van der Waals surface area contributed by atoms with Crippen molar-refractivity contribution in [2.75, 3.05) is 10.6 Å². The van der Waals surface area contributed by atoms with E-state index in [1.807, 2.05) is 31.2 Å². The lowest BCUT2D eigenvalue weighted by atomic mass is 10.1. The highest BCUT2D eigenvalue weighted by Gasteiger charge is 2.25. The molecular weight excluding hydrogens is 342 g/mol. The standard InChI is InChI=1S/C20H19N5O2/c1-12-3-7-15(8-4-12)22-19-23-18(14-5-9-16(26)10-6-14)25-17(27)11-13(2)21-20(25)24-19/h3-11,18,26H,1-2H3,(H2,21,22,23,24)/t18-/m1/s1. The van der Waals surface area contributed by atoms with Crippen molar-refractivity contribution in [1.29, 1.82) is 0 Å². The van der Waals surface area contributed by atoms with E-state index in [9.17, 15) is 9.90 Å². The zero-order valence-electron chi connectivity index (χ0n) is 15.0. The Kier molecular flexibility index (Phi) is 4.12. The molecule has 0 spiro atoms. The molecule has 1 atom stereocenters. The van der Waals surface area contributed by atoms with Crippen LogP contribution in [0.1, 0.15) is 23.0 Å². The summed E-state index contributed by atoms with van der Waals surface area (Å²) in [5, 5.41) is 15.9. The van der Waals surface area contributed by atoms with Gasteiger partial charge in [-0.25, -0.2) is 9.98 Å². The van der Waals surface area contributed by atoms with Gasteiger partial charge in [0.2, 0.25) is 11.9 Å². The summed E-state index contributed by atoms with van der Waals surface area (Å²) in [5.74, 6) is 1.07. The molecule has 0 aliphatic carbocycles. The van der Waals surface area contributed by atoms with Crippen LogP contribution in [0.3, 0.4) is 0 Å². The first-order valence-corrected chi connectivity index (χ1v) is 8.57. The fraction of sp³-hybridized carbons (Fsp3) is 0.150. The molecule has 2 aromatic carbocycles. The predicted octanol–water partition coefficient (Wildman–Crippen LogP) is 3.01. The van der Waals surface area contributed by atoms with Gasteiger partial charge in [-0.15, -0.1) is 0 Å². The number of nitrogens with zero attached hydrogens (tertiary/aromatic N) is 3. The van der Waals surface area contributed by atoms with Crippen molar-refractivity contribution >= 4 is 17.6 Å². The Balaban J connectivity index is 1.78. The molecule has 0 amide bonds. The van der Waals surface area contributed by atoms with Crippen LogP contribution in [0, 0.1) is 13.8 Å². The zero-order chi connectivity index (χ0) is 19.0. The summed E-state index contributed by atoms with van der Waals surface area (Å²) in [4.78, 5) is 21.7. The predicted molar refractivity (Wildman–Crippen MR) is 105 cm³/mol. The molecule has 7 nitrogen and oxygen atoms in total. The van der Waals surface area contributed by atoms with Gasteiger partial charge in [-0.1, -0.05) is 29.8 Å². The van der Waals surface area contributed by atoms with Gasteiger partial charge in [-0.05, 0) is 43.7 Å². The van der Waals surface area contributed by atoms with Gasteiger partial charge in [0.05, 0.1) is 0 Å². The number of nitrogens with one attached hydrogen (secondary N) is 2. The summed E-state index contributed by atoms with van der Waals surface area (Å²) in [6.45, 7) is 3.80. The van der Waals surface area contributed by atoms with Crippen molar-refractivity contribution in [2.45, 2.75) is 20.0 Å². The summed E-state index contributed by atoms with van der Waals surface area (Å²) in [5.41, 5.74) is 3.24. The molecule has 0 radical (unpaired) electrons. The second kappa shape index (κ2) is 6.60. The molecule has 7 heteroatoms.